The van der Waals surface area contributed by atoms with E-state index in [0.29, 0.717) is 24.5 Å². The van der Waals surface area contributed by atoms with E-state index in [1.54, 1.807) is 0 Å². The molecule has 5 nitrogen and oxygen atoms in total. The Kier molecular flexibility index (Phi) is 3.69. The van der Waals surface area contributed by atoms with E-state index in [-0.39, 0.29) is 0 Å². The third-order valence-electron chi connectivity index (χ3n) is 3.57. The molecule has 20 heavy (non-hydrogen) atoms. The van der Waals surface area contributed by atoms with Crippen LogP contribution in [0.3, 0.4) is 0 Å². The molecule has 0 aliphatic heterocycles. The standard InChI is InChI=1S/C15H20N4O/c1-11-5-3-4-6-12(11)10-19(2)15-18-17-14(20-15)9-16-13-7-8-13/h3-6,13,16H,7-10H2,1-2H3. The number of aryl methyl sites for hydroxylation is 1. The van der Waals surface area contributed by atoms with Crippen LogP contribution >= 0.6 is 0 Å². The Balaban J connectivity index is 1.61. The molecule has 1 aromatic heterocycles. The number of nitrogens with zero attached hydrogens (tertiary/aromatic N) is 3. The molecule has 0 amide bonds. The molecule has 0 atom stereocenters. The summed E-state index contributed by atoms with van der Waals surface area (Å²) >= 11 is 0. The van der Waals surface area contributed by atoms with Gasteiger partial charge in [0.2, 0.25) is 5.89 Å². The van der Waals surface area contributed by atoms with Crippen molar-refractivity contribution in [3.05, 3.63) is 41.3 Å². The third kappa shape index (κ3) is 3.17. The first-order valence-corrected chi connectivity index (χ1v) is 7.04. The van der Waals surface area contributed by atoms with Crippen LogP contribution in [0.15, 0.2) is 28.7 Å². The van der Waals surface area contributed by atoms with Crippen LogP contribution in [-0.2, 0) is 13.1 Å². The Morgan fingerprint density at radius 3 is 2.85 bits per heavy atom. The van der Waals surface area contributed by atoms with Crippen LogP contribution < -0.4 is 10.2 Å². The fourth-order valence-corrected chi connectivity index (χ4v) is 2.10. The minimum atomic E-state index is 0.570. The van der Waals surface area contributed by atoms with Crippen LogP contribution in [0.1, 0.15) is 29.9 Å². The zero-order valence-electron chi connectivity index (χ0n) is 12.0. The van der Waals surface area contributed by atoms with Crippen molar-refractivity contribution >= 4 is 6.01 Å². The lowest BCUT2D eigenvalue weighted by Gasteiger charge is -2.15. The lowest BCUT2D eigenvalue weighted by molar-refractivity contribution is 0.464. The van der Waals surface area contributed by atoms with Crippen molar-refractivity contribution in [1.29, 1.82) is 0 Å². The van der Waals surface area contributed by atoms with E-state index in [1.807, 2.05) is 18.0 Å². The van der Waals surface area contributed by atoms with E-state index >= 15 is 0 Å². The fraction of sp³-hybridized carbons (Fsp3) is 0.467. The molecular weight excluding hydrogens is 252 g/mol. The summed E-state index contributed by atoms with van der Waals surface area (Å²) in [5.41, 5.74) is 2.54. The predicted octanol–water partition coefficient (Wildman–Crippen LogP) is 2.27. The first kappa shape index (κ1) is 13.1. The minimum Gasteiger partial charge on any atom is -0.407 e. The molecule has 106 valence electrons. The number of benzene rings is 1. The number of anilines is 1. The van der Waals surface area contributed by atoms with Crippen molar-refractivity contribution in [2.75, 3.05) is 11.9 Å². The minimum absolute atomic E-state index is 0.570. The van der Waals surface area contributed by atoms with Gasteiger partial charge in [0.25, 0.3) is 0 Å². The summed E-state index contributed by atoms with van der Waals surface area (Å²) in [5, 5.41) is 11.6. The Labute approximate surface area is 119 Å². The molecule has 1 aromatic carbocycles. The Bertz CT molecular complexity index is 577. The summed E-state index contributed by atoms with van der Waals surface area (Å²) in [7, 11) is 1.97. The molecule has 1 N–H and O–H groups in total. The highest BCUT2D eigenvalue weighted by Crippen LogP contribution is 2.20. The summed E-state index contributed by atoms with van der Waals surface area (Å²) in [4.78, 5) is 1.98. The molecule has 0 saturated heterocycles. The smallest absolute Gasteiger partial charge is 0.318 e. The van der Waals surface area contributed by atoms with Gasteiger partial charge in [0, 0.05) is 19.6 Å². The van der Waals surface area contributed by atoms with Crippen molar-refractivity contribution in [2.24, 2.45) is 0 Å². The van der Waals surface area contributed by atoms with E-state index in [2.05, 4.69) is 40.6 Å². The van der Waals surface area contributed by atoms with Crippen LogP contribution in [0.5, 0.6) is 0 Å². The second-order valence-corrected chi connectivity index (χ2v) is 5.42. The van der Waals surface area contributed by atoms with Gasteiger partial charge in [0.15, 0.2) is 0 Å². The average Bonchev–Trinajstić information content (AvgIpc) is 3.15. The van der Waals surface area contributed by atoms with Gasteiger partial charge in [-0.3, -0.25) is 0 Å². The van der Waals surface area contributed by atoms with Crippen LogP contribution in [0.2, 0.25) is 0 Å². The number of hydrogen-bond acceptors (Lipinski definition) is 5. The maximum absolute atomic E-state index is 5.68. The molecule has 1 heterocycles. The van der Waals surface area contributed by atoms with Crippen LogP contribution in [0.25, 0.3) is 0 Å². The Morgan fingerprint density at radius 2 is 2.10 bits per heavy atom. The normalized spacial score (nSPS) is 14.5. The maximum atomic E-state index is 5.68. The summed E-state index contributed by atoms with van der Waals surface area (Å²) in [6.45, 7) is 3.54. The quantitative estimate of drug-likeness (QED) is 0.874. The highest BCUT2D eigenvalue weighted by atomic mass is 16.4. The molecule has 1 fully saturated rings. The third-order valence-corrected chi connectivity index (χ3v) is 3.57. The summed E-state index contributed by atoms with van der Waals surface area (Å²) in [6, 6.07) is 9.55. The molecule has 3 rings (SSSR count). The highest BCUT2D eigenvalue weighted by Gasteiger charge is 2.21. The van der Waals surface area contributed by atoms with Gasteiger partial charge in [0.1, 0.15) is 0 Å². The molecule has 5 heteroatoms. The van der Waals surface area contributed by atoms with Gasteiger partial charge in [-0.25, -0.2) is 0 Å². The molecule has 2 aromatic rings. The van der Waals surface area contributed by atoms with Crippen LogP contribution in [0.4, 0.5) is 6.01 Å². The summed E-state index contributed by atoms with van der Waals surface area (Å²) < 4.78 is 5.68. The van der Waals surface area contributed by atoms with E-state index in [9.17, 15) is 0 Å². The topological polar surface area (TPSA) is 54.2 Å². The van der Waals surface area contributed by atoms with Crippen molar-refractivity contribution in [1.82, 2.24) is 15.5 Å². The zero-order valence-corrected chi connectivity index (χ0v) is 12.0. The first-order chi connectivity index (χ1) is 9.72. The Morgan fingerprint density at radius 1 is 1.30 bits per heavy atom. The van der Waals surface area contributed by atoms with E-state index in [1.165, 1.54) is 24.0 Å². The van der Waals surface area contributed by atoms with Gasteiger partial charge in [0.05, 0.1) is 6.54 Å². The highest BCUT2D eigenvalue weighted by molar-refractivity contribution is 5.31. The maximum Gasteiger partial charge on any atom is 0.318 e. The zero-order chi connectivity index (χ0) is 13.9. The summed E-state index contributed by atoms with van der Waals surface area (Å²) in [6.07, 6.45) is 2.52. The van der Waals surface area contributed by atoms with Crippen LogP contribution in [0, 0.1) is 6.92 Å². The molecule has 1 saturated carbocycles. The lowest BCUT2D eigenvalue weighted by Crippen LogP contribution is -2.17. The van der Waals surface area contributed by atoms with Gasteiger partial charge in [-0.2, -0.15) is 0 Å². The van der Waals surface area contributed by atoms with Crippen LogP contribution in [-0.4, -0.2) is 23.3 Å². The largest absolute Gasteiger partial charge is 0.407 e. The molecule has 0 spiro atoms. The summed E-state index contributed by atoms with van der Waals surface area (Å²) in [5.74, 6) is 0.656. The average molecular weight is 272 g/mol. The van der Waals surface area contributed by atoms with E-state index < -0.39 is 0 Å². The molecular formula is C15H20N4O. The second-order valence-electron chi connectivity index (χ2n) is 5.42. The van der Waals surface area contributed by atoms with Crippen molar-refractivity contribution in [3.63, 3.8) is 0 Å². The molecule has 0 unspecified atom stereocenters. The van der Waals surface area contributed by atoms with Gasteiger partial charge in [-0.15, -0.1) is 5.10 Å². The van der Waals surface area contributed by atoms with Gasteiger partial charge in [-0.1, -0.05) is 29.4 Å². The number of aromatic nitrogens is 2. The van der Waals surface area contributed by atoms with Crippen molar-refractivity contribution < 1.29 is 4.42 Å². The van der Waals surface area contributed by atoms with E-state index in [4.69, 9.17) is 4.42 Å². The number of hydrogen-bond donors (Lipinski definition) is 1. The van der Waals surface area contributed by atoms with Gasteiger partial charge >= 0.3 is 6.01 Å². The lowest BCUT2D eigenvalue weighted by atomic mass is 10.1. The van der Waals surface area contributed by atoms with Crippen molar-refractivity contribution in [2.45, 2.75) is 38.9 Å². The Hall–Kier alpha value is -1.88. The second kappa shape index (κ2) is 5.63. The van der Waals surface area contributed by atoms with Gasteiger partial charge < -0.3 is 14.6 Å². The predicted molar refractivity (Wildman–Crippen MR) is 77.4 cm³/mol. The SMILES string of the molecule is Cc1ccccc1CN(C)c1nnc(CNC2CC2)o1. The molecule has 0 radical (unpaired) electrons. The monoisotopic (exact) mass is 272 g/mol. The fourth-order valence-electron chi connectivity index (χ4n) is 2.10. The number of nitrogens with one attached hydrogen (secondary N) is 1. The first-order valence-electron chi connectivity index (χ1n) is 7.04. The van der Waals surface area contributed by atoms with Crippen molar-refractivity contribution in [3.8, 4) is 0 Å². The van der Waals surface area contributed by atoms with E-state index in [0.717, 1.165) is 6.54 Å². The number of rotatable bonds is 6. The molecule has 0 bridgehead atoms. The molecule has 1 aliphatic rings. The molecule has 1 aliphatic carbocycles. The van der Waals surface area contributed by atoms with Gasteiger partial charge in [-0.05, 0) is 30.9 Å².